The van der Waals surface area contributed by atoms with Crippen LogP contribution in [0.5, 0.6) is 5.75 Å². The number of hydrogen-bond acceptors (Lipinski definition) is 5. The van der Waals surface area contributed by atoms with Gasteiger partial charge in [-0.05, 0) is 36.8 Å². The van der Waals surface area contributed by atoms with E-state index in [1.165, 1.54) is 10.4 Å². The number of benzene rings is 2. The van der Waals surface area contributed by atoms with E-state index in [0.717, 1.165) is 12.1 Å². The Morgan fingerprint density at radius 1 is 1.17 bits per heavy atom. The third-order valence-electron chi connectivity index (χ3n) is 4.31. The highest BCUT2D eigenvalue weighted by atomic mass is 32.2. The number of nitrogens with zero attached hydrogens (tertiary/aromatic N) is 1. The van der Waals surface area contributed by atoms with Crippen molar-refractivity contribution in [3.63, 3.8) is 0 Å². The molecule has 1 saturated heterocycles. The van der Waals surface area contributed by atoms with E-state index in [9.17, 15) is 22.0 Å². The van der Waals surface area contributed by atoms with E-state index in [2.05, 4.69) is 5.32 Å². The van der Waals surface area contributed by atoms with Crippen LogP contribution in [0.25, 0.3) is 0 Å². The molecule has 156 valence electrons. The van der Waals surface area contributed by atoms with Gasteiger partial charge in [0.15, 0.2) is 18.2 Å². The van der Waals surface area contributed by atoms with Gasteiger partial charge in [-0.1, -0.05) is 6.07 Å². The van der Waals surface area contributed by atoms with E-state index < -0.39 is 34.2 Å². The van der Waals surface area contributed by atoms with Crippen molar-refractivity contribution >= 4 is 21.6 Å². The highest BCUT2D eigenvalue weighted by Crippen LogP contribution is 2.24. The zero-order valence-electron chi connectivity index (χ0n) is 15.7. The molecular weight excluding hydrogens is 406 g/mol. The maximum atomic E-state index is 13.6. The molecule has 0 aliphatic carbocycles. The van der Waals surface area contributed by atoms with Crippen molar-refractivity contribution < 1.29 is 31.5 Å². The first-order valence-electron chi connectivity index (χ1n) is 8.83. The fourth-order valence-electron chi connectivity index (χ4n) is 2.81. The number of morpholine rings is 1. The van der Waals surface area contributed by atoms with Gasteiger partial charge in [-0.25, -0.2) is 17.2 Å². The van der Waals surface area contributed by atoms with Crippen LogP contribution < -0.4 is 10.1 Å². The van der Waals surface area contributed by atoms with E-state index in [4.69, 9.17) is 9.47 Å². The summed E-state index contributed by atoms with van der Waals surface area (Å²) in [6, 6.07) is 7.26. The lowest BCUT2D eigenvalue weighted by molar-refractivity contribution is -0.118. The molecule has 0 radical (unpaired) electrons. The molecule has 10 heteroatoms. The van der Waals surface area contributed by atoms with Crippen LogP contribution in [-0.4, -0.2) is 51.5 Å². The number of rotatable bonds is 6. The Hall–Kier alpha value is -2.56. The number of ether oxygens (including phenoxy) is 2. The number of halogens is 2. The average Bonchev–Trinajstić information content (AvgIpc) is 2.69. The Balaban J connectivity index is 1.69. The number of hydrogen-bond donors (Lipinski definition) is 1. The number of aryl methyl sites for hydroxylation is 1. The fourth-order valence-corrected chi connectivity index (χ4v) is 4.47. The van der Waals surface area contributed by atoms with Gasteiger partial charge < -0.3 is 14.8 Å². The van der Waals surface area contributed by atoms with Crippen molar-refractivity contribution in [1.82, 2.24) is 4.31 Å². The fraction of sp³-hybridized carbons (Fsp3) is 0.316. The Morgan fingerprint density at radius 3 is 2.59 bits per heavy atom. The first kappa shape index (κ1) is 21.2. The molecule has 0 aromatic heterocycles. The minimum Gasteiger partial charge on any atom is -0.481 e. The van der Waals surface area contributed by atoms with Gasteiger partial charge in [0.2, 0.25) is 10.0 Å². The topological polar surface area (TPSA) is 84.9 Å². The summed E-state index contributed by atoms with van der Waals surface area (Å²) in [5.74, 6) is -2.56. The molecule has 0 unspecified atom stereocenters. The van der Waals surface area contributed by atoms with E-state index in [-0.39, 0.29) is 29.4 Å². The maximum absolute atomic E-state index is 13.6. The number of carbonyl (C=O) groups excluding carboxylic acids is 1. The van der Waals surface area contributed by atoms with E-state index in [0.29, 0.717) is 24.8 Å². The van der Waals surface area contributed by atoms with Crippen LogP contribution in [0.15, 0.2) is 41.3 Å². The van der Waals surface area contributed by atoms with Crippen LogP contribution in [0.2, 0.25) is 0 Å². The van der Waals surface area contributed by atoms with Crippen LogP contribution in [0.1, 0.15) is 5.56 Å². The highest BCUT2D eigenvalue weighted by Gasteiger charge is 2.28. The quantitative estimate of drug-likeness (QED) is 0.766. The predicted octanol–water partition coefficient (Wildman–Crippen LogP) is 2.31. The molecule has 3 rings (SSSR count). The average molecular weight is 426 g/mol. The molecule has 1 heterocycles. The van der Waals surface area contributed by atoms with Gasteiger partial charge in [0.1, 0.15) is 5.82 Å². The summed E-state index contributed by atoms with van der Waals surface area (Å²) >= 11 is 0. The molecule has 0 bridgehead atoms. The number of sulfonamides is 1. The molecule has 0 atom stereocenters. The van der Waals surface area contributed by atoms with Crippen molar-refractivity contribution in [2.75, 3.05) is 38.2 Å². The van der Waals surface area contributed by atoms with Gasteiger partial charge in [0.25, 0.3) is 5.91 Å². The first-order valence-corrected chi connectivity index (χ1v) is 10.3. The zero-order valence-corrected chi connectivity index (χ0v) is 16.5. The lowest BCUT2D eigenvalue weighted by atomic mass is 10.2. The lowest BCUT2D eigenvalue weighted by Crippen LogP contribution is -2.40. The third kappa shape index (κ3) is 5.08. The number of nitrogens with one attached hydrogen (secondary N) is 1. The molecular formula is C19H20F2N2O5S. The third-order valence-corrected chi connectivity index (χ3v) is 6.35. The van der Waals surface area contributed by atoms with Crippen molar-refractivity contribution in [3.05, 3.63) is 53.6 Å². The molecule has 1 aliphatic rings. The van der Waals surface area contributed by atoms with Crippen molar-refractivity contribution in [2.24, 2.45) is 0 Å². The summed E-state index contributed by atoms with van der Waals surface area (Å²) in [5.41, 5.74) is 0.801. The summed E-state index contributed by atoms with van der Waals surface area (Å²) in [6.07, 6.45) is 0. The second-order valence-corrected chi connectivity index (χ2v) is 8.31. The van der Waals surface area contributed by atoms with Crippen LogP contribution >= 0.6 is 0 Å². The molecule has 0 saturated carbocycles. The van der Waals surface area contributed by atoms with Crippen LogP contribution in [0.3, 0.4) is 0 Å². The number of anilines is 1. The molecule has 2 aromatic carbocycles. The number of carbonyl (C=O) groups is 1. The maximum Gasteiger partial charge on any atom is 0.262 e. The highest BCUT2D eigenvalue weighted by molar-refractivity contribution is 7.89. The SMILES string of the molecule is Cc1ccc(NC(=O)COc2ccc(F)cc2F)cc1S(=O)(=O)N1CCOCC1. The Labute approximate surface area is 167 Å². The zero-order chi connectivity index (χ0) is 21.0. The Bertz CT molecular complexity index is 1010. The molecule has 1 amide bonds. The molecule has 1 aliphatic heterocycles. The largest absolute Gasteiger partial charge is 0.481 e. The van der Waals surface area contributed by atoms with Crippen LogP contribution in [0.4, 0.5) is 14.5 Å². The van der Waals surface area contributed by atoms with Crippen molar-refractivity contribution in [1.29, 1.82) is 0 Å². The Kier molecular flexibility index (Phi) is 6.46. The van der Waals surface area contributed by atoms with Gasteiger partial charge in [-0.3, -0.25) is 4.79 Å². The van der Waals surface area contributed by atoms with Crippen LogP contribution in [-0.2, 0) is 19.6 Å². The number of amides is 1. The first-order chi connectivity index (χ1) is 13.8. The van der Waals surface area contributed by atoms with Gasteiger partial charge in [-0.2, -0.15) is 4.31 Å². The second kappa shape index (κ2) is 8.85. The summed E-state index contributed by atoms with van der Waals surface area (Å²) in [6.45, 7) is 2.31. The normalized spacial score (nSPS) is 15.1. The van der Waals surface area contributed by atoms with Gasteiger partial charge in [0, 0.05) is 24.8 Å². The van der Waals surface area contributed by atoms with Gasteiger partial charge in [-0.15, -0.1) is 0 Å². The van der Waals surface area contributed by atoms with Gasteiger partial charge >= 0.3 is 0 Å². The van der Waals surface area contributed by atoms with E-state index >= 15 is 0 Å². The monoisotopic (exact) mass is 426 g/mol. The van der Waals surface area contributed by atoms with E-state index in [1.54, 1.807) is 19.1 Å². The van der Waals surface area contributed by atoms with Gasteiger partial charge in [0.05, 0.1) is 18.1 Å². The molecule has 0 spiro atoms. The lowest BCUT2D eigenvalue weighted by Gasteiger charge is -2.26. The smallest absolute Gasteiger partial charge is 0.262 e. The molecule has 7 nitrogen and oxygen atoms in total. The minimum absolute atomic E-state index is 0.0858. The second-order valence-electron chi connectivity index (χ2n) is 6.41. The van der Waals surface area contributed by atoms with Crippen LogP contribution in [0, 0.1) is 18.6 Å². The summed E-state index contributed by atoms with van der Waals surface area (Å²) in [4.78, 5) is 12.2. The standard InChI is InChI=1S/C19H20F2N2O5S/c1-13-2-4-15(11-18(13)29(25,26)23-6-8-27-9-7-23)22-19(24)12-28-17-5-3-14(20)10-16(17)21/h2-5,10-11H,6-9,12H2,1H3,(H,22,24). The molecule has 1 N–H and O–H groups in total. The molecule has 2 aromatic rings. The summed E-state index contributed by atoms with van der Waals surface area (Å²) in [7, 11) is -3.73. The predicted molar refractivity (Wildman–Crippen MR) is 101 cm³/mol. The minimum atomic E-state index is -3.73. The Morgan fingerprint density at radius 2 is 1.90 bits per heavy atom. The van der Waals surface area contributed by atoms with E-state index in [1.807, 2.05) is 0 Å². The molecule has 1 fully saturated rings. The molecule has 29 heavy (non-hydrogen) atoms. The van der Waals surface area contributed by atoms with Crippen molar-refractivity contribution in [3.8, 4) is 5.75 Å². The summed E-state index contributed by atoms with van der Waals surface area (Å²) in [5, 5.41) is 2.52. The van der Waals surface area contributed by atoms with Crippen molar-refractivity contribution in [2.45, 2.75) is 11.8 Å². The summed E-state index contributed by atoms with van der Waals surface area (Å²) < 4.78 is 63.8.